The third-order valence-corrected chi connectivity index (χ3v) is 4.91. The fourth-order valence-corrected chi connectivity index (χ4v) is 3.28. The van der Waals surface area contributed by atoms with Gasteiger partial charge in [0.2, 0.25) is 5.91 Å². The Morgan fingerprint density at radius 2 is 1.84 bits per heavy atom. The zero-order chi connectivity index (χ0) is 17.5. The summed E-state index contributed by atoms with van der Waals surface area (Å²) in [6.45, 7) is 9.75. The predicted molar refractivity (Wildman–Crippen MR) is 105 cm³/mol. The number of Topliss-reactive ketones (excluding diaryl/α,β-unsaturated/α-hetero) is 1. The van der Waals surface area contributed by atoms with Crippen LogP contribution in [-0.2, 0) is 4.79 Å². The highest BCUT2D eigenvalue weighted by atomic mass is 35.5. The summed E-state index contributed by atoms with van der Waals surface area (Å²) in [6.07, 6.45) is 2.75. The van der Waals surface area contributed by atoms with Gasteiger partial charge >= 0.3 is 0 Å². The fourth-order valence-electron chi connectivity index (χ4n) is 3.28. The summed E-state index contributed by atoms with van der Waals surface area (Å²) in [5.74, 6) is 0.868. The molecule has 1 aromatic rings. The van der Waals surface area contributed by atoms with E-state index < -0.39 is 0 Å². The van der Waals surface area contributed by atoms with E-state index in [2.05, 4.69) is 12.2 Å². The van der Waals surface area contributed by atoms with E-state index in [1.165, 1.54) is 0 Å². The summed E-state index contributed by atoms with van der Waals surface area (Å²) >= 11 is 0. The molecule has 0 unspecified atom stereocenters. The number of amides is 1. The number of benzene rings is 1. The average Bonchev–Trinajstić information content (AvgIpc) is 2.60. The fraction of sp³-hybridized carbons (Fsp3) is 0.600. The standard InChI is InChI=1S/C20H30N2O2.ClH/c1-4-21-14-17-9-11-22(12-10-17)20(24)8-7-19(23)18-13-15(2)5-6-16(18)3;/h5-6,13,17,21H,4,7-12,14H2,1-3H3;1H. The zero-order valence-electron chi connectivity index (χ0n) is 15.6. The van der Waals surface area contributed by atoms with E-state index in [4.69, 9.17) is 0 Å². The van der Waals surface area contributed by atoms with Crippen LogP contribution in [0.15, 0.2) is 18.2 Å². The number of hydrogen-bond donors (Lipinski definition) is 1. The number of hydrogen-bond acceptors (Lipinski definition) is 3. The SMILES string of the molecule is CCNCC1CCN(C(=O)CCC(=O)c2cc(C)ccc2C)CC1.Cl. The number of aryl methyl sites for hydroxylation is 2. The van der Waals surface area contributed by atoms with E-state index in [9.17, 15) is 9.59 Å². The minimum atomic E-state index is 0. The second kappa shape index (κ2) is 10.6. The van der Waals surface area contributed by atoms with Crippen LogP contribution in [0.25, 0.3) is 0 Å². The average molecular weight is 367 g/mol. The molecule has 4 nitrogen and oxygen atoms in total. The van der Waals surface area contributed by atoms with E-state index in [1.807, 2.05) is 36.9 Å². The number of nitrogens with zero attached hydrogens (tertiary/aromatic N) is 1. The molecular weight excluding hydrogens is 336 g/mol. The van der Waals surface area contributed by atoms with Crippen LogP contribution >= 0.6 is 12.4 Å². The first-order valence-electron chi connectivity index (χ1n) is 9.10. The summed E-state index contributed by atoms with van der Waals surface area (Å²) in [7, 11) is 0. The lowest BCUT2D eigenvalue weighted by molar-refractivity contribution is -0.132. The molecule has 0 radical (unpaired) electrons. The van der Waals surface area contributed by atoms with E-state index in [0.717, 1.165) is 55.7 Å². The molecule has 0 atom stereocenters. The summed E-state index contributed by atoms with van der Waals surface area (Å²) < 4.78 is 0. The lowest BCUT2D eigenvalue weighted by Gasteiger charge is -2.32. The second-order valence-electron chi connectivity index (χ2n) is 6.87. The predicted octanol–water partition coefficient (Wildman–Crippen LogP) is 3.54. The molecule has 1 amide bonds. The van der Waals surface area contributed by atoms with Crippen molar-refractivity contribution in [2.75, 3.05) is 26.2 Å². The number of halogens is 1. The van der Waals surface area contributed by atoms with Crippen molar-refractivity contribution in [2.45, 2.75) is 46.5 Å². The van der Waals surface area contributed by atoms with Crippen LogP contribution in [0.1, 0.15) is 54.1 Å². The van der Waals surface area contributed by atoms with Crippen LogP contribution in [0, 0.1) is 19.8 Å². The van der Waals surface area contributed by atoms with Gasteiger partial charge < -0.3 is 10.2 Å². The molecule has 25 heavy (non-hydrogen) atoms. The van der Waals surface area contributed by atoms with Gasteiger partial charge in [-0.15, -0.1) is 12.4 Å². The van der Waals surface area contributed by atoms with Gasteiger partial charge in [0.25, 0.3) is 0 Å². The molecule has 1 aliphatic heterocycles. The Hall–Kier alpha value is -1.39. The van der Waals surface area contributed by atoms with Gasteiger partial charge in [-0.1, -0.05) is 24.6 Å². The van der Waals surface area contributed by atoms with Gasteiger partial charge in [0, 0.05) is 31.5 Å². The summed E-state index contributed by atoms with van der Waals surface area (Å²) in [5, 5.41) is 3.38. The second-order valence-corrected chi connectivity index (χ2v) is 6.87. The Bertz CT molecular complexity index is 581. The van der Waals surface area contributed by atoms with Crippen molar-refractivity contribution in [3.8, 4) is 0 Å². The largest absolute Gasteiger partial charge is 0.343 e. The van der Waals surface area contributed by atoms with Crippen molar-refractivity contribution >= 4 is 24.1 Å². The Morgan fingerprint density at radius 3 is 2.48 bits per heavy atom. The van der Waals surface area contributed by atoms with Crippen molar-refractivity contribution in [1.82, 2.24) is 10.2 Å². The third kappa shape index (κ3) is 6.44. The van der Waals surface area contributed by atoms with Crippen LogP contribution < -0.4 is 5.32 Å². The van der Waals surface area contributed by atoms with E-state index in [-0.39, 0.29) is 24.1 Å². The van der Waals surface area contributed by atoms with Gasteiger partial charge in [-0.05, 0) is 57.3 Å². The van der Waals surface area contributed by atoms with E-state index in [0.29, 0.717) is 18.8 Å². The van der Waals surface area contributed by atoms with Crippen LogP contribution in [0.5, 0.6) is 0 Å². The Morgan fingerprint density at radius 1 is 1.16 bits per heavy atom. The Labute approximate surface area is 157 Å². The first kappa shape index (κ1) is 21.7. The zero-order valence-corrected chi connectivity index (χ0v) is 16.5. The number of piperidine rings is 1. The first-order chi connectivity index (χ1) is 11.5. The number of ketones is 1. The van der Waals surface area contributed by atoms with Crippen LogP contribution in [0.4, 0.5) is 0 Å². The molecule has 0 aliphatic carbocycles. The molecule has 0 bridgehead atoms. The molecular formula is C20H31ClN2O2. The minimum Gasteiger partial charge on any atom is -0.343 e. The molecule has 1 saturated heterocycles. The highest BCUT2D eigenvalue weighted by Crippen LogP contribution is 2.18. The molecule has 1 fully saturated rings. The quantitative estimate of drug-likeness (QED) is 0.751. The Kier molecular flexibility index (Phi) is 9.15. The normalized spacial score (nSPS) is 14.9. The molecule has 2 rings (SSSR count). The van der Waals surface area contributed by atoms with E-state index >= 15 is 0 Å². The van der Waals surface area contributed by atoms with Gasteiger partial charge in [0.05, 0.1) is 0 Å². The van der Waals surface area contributed by atoms with Crippen molar-refractivity contribution in [3.05, 3.63) is 34.9 Å². The van der Waals surface area contributed by atoms with Gasteiger partial charge in [0.1, 0.15) is 0 Å². The van der Waals surface area contributed by atoms with Crippen LogP contribution in [0.3, 0.4) is 0 Å². The Balaban J connectivity index is 0.00000312. The maximum atomic E-state index is 12.4. The topological polar surface area (TPSA) is 49.4 Å². The van der Waals surface area contributed by atoms with E-state index in [1.54, 1.807) is 0 Å². The molecule has 1 aliphatic rings. The van der Waals surface area contributed by atoms with Gasteiger partial charge in [-0.3, -0.25) is 9.59 Å². The molecule has 5 heteroatoms. The maximum absolute atomic E-state index is 12.4. The number of carbonyl (C=O) groups is 2. The molecule has 0 aromatic heterocycles. The highest BCUT2D eigenvalue weighted by Gasteiger charge is 2.23. The summed E-state index contributed by atoms with van der Waals surface area (Å²) in [6, 6.07) is 5.91. The number of likely N-dealkylation sites (tertiary alicyclic amines) is 1. The van der Waals surface area contributed by atoms with Crippen LogP contribution in [0.2, 0.25) is 0 Å². The van der Waals surface area contributed by atoms with Gasteiger partial charge in [0.15, 0.2) is 5.78 Å². The molecule has 1 N–H and O–H groups in total. The van der Waals surface area contributed by atoms with Gasteiger partial charge in [-0.25, -0.2) is 0 Å². The molecule has 1 heterocycles. The number of rotatable bonds is 7. The summed E-state index contributed by atoms with van der Waals surface area (Å²) in [4.78, 5) is 26.7. The monoisotopic (exact) mass is 366 g/mol. The first-order valence-corrected chi connectivity index (χ1v) is 9.10. The van der Waals surface area contributed by atoms with Gasteiger partial charge in [-0.2, -0.15) is 0 Å². The summed E-state index contributed by atoms with van der Waals surface area (Å²) in [5.41, 5.74) is 2.83. The van der Waals surface area contributed by atoms with Crippen LogP contribution in [-0.4, -0.2) is 42.8 Å². The lowest BCUT2D eigenvalue weighted by Crippen LogP contribution is -2.40. The molecule has 0 saturated carbocycles. The minimum absolute atomic E-state index is 0. The number of nitrogens with one attached hydrogen (secondary N) is 1. The third-order valence-electron chi connectivity index (χ3n) is 4.91. The van der Waals surface area contributed by atoms with Crippen molar-refractivity contribution in [2.24, 2.45) is 5.92 Å². The van der Waals surface area contributed by atoms with Crippen molar-refractivity contribution in [3.63, 3.8) is 0 Å². The van der Waals surface area contributed by atoms with Crippen molar-refractivity contribution < 1.29 is 9.59 Å². The molecule has 0 spiro atoms. The number of carbonyl (C=O) groups excluding carboxylic acids is 2. The lowest BCUT2D eigenvalue weighted by atomic mass is 9.96. The maximum Gasteiger partial charge on any atom is 0.223 e. The molecule has 140 valence electrons. The van der Waals surface area contributed by atoms with Crippen molar-refractivity contribution in [1.29, 1.82) is 0 Å². The molecule has 1 aromatic carbocycles. The smallest absolute Gasteiger partial charge is 0.223 e. The highest BCUT2D eigenvalue weighted by molar-refractivity contribution is 5.99.